The van der Waals surface area contributed by atoms with Crippen LogP contribution in [-0.2, 0) is 16.6 Å². The smallest absolute Gasteiger partial charge is 0.200 e. The van der Waals surface area contributed by atoms with Crippen LogP contribution < -0.4 is 9.47 Å². The highest BCUT2D eigenvalue weighted by Crippen LogP contribution is 2.65. The van der Waals surface area contributed by atoms with Crippen LogP contribution in [0.3, 0.4) is 0 Å². The molecule has 176 valence electrons. The first-order chi connectivity index (χ1) is 16.4. The number of hydrogen-bond donors (Lipinski definition) is 2. The number of carbonyl (C=O) groups is 1. The fourth-order valence-electron chi connectivity index (χ4n) is 7.24. The molecule has 0 amide bonds. The van der Waals surface area contributed by atoms with Crippen LogP contribution in [0.15, 0.2) is 42.0 Å². The molecule has 0 radical (unpaired) electrons. The largest absolute Gasteiger partial charge is 0.504 e. The Morgan fingerprint density at radius 3 is 2.91 bits per heavy atom. The normalized spacial score (nSPS) is 34.6. The number of aliphatic hydroxyl groups is 1. The molecule has 1 spiro atoms. The number of phenolic OH excluding ortho intramolecular Hbond substituents is 1. The van der Waals surface area contributed by atoms with Gasteiger partial charge in [0.2, 0.25) is 0 Å². The number of phenols is 1. The molecule has 2 aromatic carbocycles. The first kappa shape index (κ1) is 20.5. The molecule has 3 aliphatic carbocycles. The van der Waals surface area contributed by atoms with Crippen molar-refractivity contribution < 1.29 is 24.5 Å². The molecule has 4 atom stereocenters. The topological polar surface area (TPSA) is 79.2 Å². The lowest BCUT2D eigenvalue weighted by Gasteiger charge is -2.62. The second-order valence-electron chi connectivity index (χ2n) is 10.7. The number of methoxy groups -OCH3 is 1. The van der Waals surface area contributed by atoms with E-state index < -0.39 is 17.1 Å². The number of ether oxygens (including phenoxy) is 2. The summed E-state index contributed by atoms with van der Waals surface area (Å²) in [5, 5.41) is 23.3. The van der Waals surface area contributed by atoms with Crippen molar-refractivity contribution in [1.29, 1.82) is 0 Å². The number of carbonyl (C=O) groups excluding carboxylic acids is 1. The molecule has 5 aliphatic rings. The quantitative estimate of drug-likeness (QED) is 0.684. The highest BCUT2D eigenvalue weighted by Gasteiger charge is 2.74. The van der Waals surface area contributed by atoms with E-state index in [4.69, 9.17) is 9.47 Å². The summed E-state index contributed by atoms with van der Waals surface area (Å²) in [5.41, 5.74) is 1.44. The van der Waals surface area contributed by atoms with Crippen LogP contribution in [0.5, 0.6) is 17.2 Å². The number of likely N-dealkylation sites (tertiary alicyclic amines) is 1. The van der Waals surface area contributed by atoms with Gasteiger partial charge in [-0.25, -0.2) is 0 Å². The predicted octanol–water partition coefficient (Wildman–Crippen LogP) is 3.23. The Balaban J connectivity index is 1.39. The van der Waals surface area contributed by atoms with E-state index in [1.165, 1.54) is 12.8 Å². The molecular formula is C28H29NO5. The number of hydrogen-bond acceptors (Lipinski definition) is 6. The zero-order valence-corrected chi connectivity index (χ0v) is 19.3. The fraction of sp³-hybridized carbons (Fsp3) is 0.464. The first-order valence-corrected chi connectivity index (χ1v) is 12.3. The summed E-state index contributed by atoms with van der Waals surface area (Å²) < 4.78 is 11.6. The lowest BCUT2D eigenvalue weighted by Crippen LogP contribution is -2.77. The maximum Gasteiger partial charge on any atom is 0.200 e. The Bertz CT molecular complexity index is 1250. The van der Waals surface area contributed by atoms with E-state index in [9.17, 15) is 15.0 Å². The van der Waals surface area contributed by atoms with Crippen molar-refractivity contribution in [1.82, 2.24) is 4.90 Å². The van der Waals surface area contributed by atoms with Crippen molar-refractivity contribution in [3.8, 4) is 17.2 Å². The number of ketones is 1. The number of aromatic hydroxyl groups is 1. The molecule has 6 nitrogen and oxygen atoms in total. The van der Waals surface area contributed by atoms with E-state index in [1.54, 1.807) is 13.2 Å². The van der Waals surface area contributed by atoms with Crippen molar-refractivity contribution in [2.24, 2.45) is 5.92 Å². The highest BCUT2D eigenvalue weighted by atomic mass is 16.5. The lowest BCUT2D eigenvalue weighted by atomic mass is 9.48. The summed E-state index contributed by atoms with van der Waals surface area (Å²) in [5.74, 6) is 1.78. The van der Waals surface area contributed by atoms with Gasteiger partial charge in [0.05, 0.1) is 18.1 Å². The Hall–Kier alpha value is -2.83. The van der Waals surface area contributed by atoms with E-state index >= 15 is 0 Å². The highest BCUT2D eigenvalue weighted by molar-refractivity contribution is 6.06. The minimum Gasteiger partial charge on any atom is -0.504 e. The van der Waals surface area contributed by atoms with Gasteiger partial charge in [0.15, 0.2) is 23.4 Å². The van der Waals surface area contributed by atoms with Gasteiger partial charge in [0.25, 0.3) is 0 Å². The van der Waals surface area contributed by atoms with E-state index in [2.05, 4.69) is 4.90 Å². The Kier molecular flexibility index (Phi) is 4.14. The molecule has 2 saturated carbocycles. The maximum absolute atomic E-state index is 13.9. The second kappa shape index (κ2) is 6.86. The van der Waals surface area contributed by atoms with Crippen molar-refractivity contribution in [3.63, 3.8) is 0 Å². The van der Waals surface area contributed by atoms with Gasteiger partial charge >= 0.3 is 0 Å². The summed E-state index contributed by atoms with van der Waals surface area (Å²) in [4.78, 5) is 16.4. The SMILES string of the molecule is COc1cccc(/C=C2\C[C@@]3(O)[C@H]4Cc5ccc(O)c6c5[C@@]3(CCN4CC3CC3)[C@@H](O6)C2=O)c1. The Labute approximate surface area is 198 Å². The van der Waals surface area contributed by atoms with Crippen molar-refractivity contribution in [2.45, 2.75) is 55.3 Å². The van der Waals surface area contributed by atoms with Gasteiger partial charge in [0.1, 0.15) is 5.75 Å². The average molecular weight is 460 g/mol. The average Bonchev–Trinajstić information content (AvgIpc) is 3.57. The van der Waals surface area contributed by atoms with Gasteiger partial charge in [0, 0.05) is 30.1 Å². The molecule has 2 bridgehead atoms. The summed E-state index contributed by atoms with van der Waals surface area (Å²) in [6, 6.07) is 11.1. The van der Waals surface area contributed by atoms with Crippen LogP contribution in [0.4, 0.5) is 0 Å². The first-order valence-electron chi connectivity index (χ1n) is 12.3. The van der Waals surface area contributed by atoms with Crippen LogP contribution in [0, 0.1) is 5.92 Å². The van der Waals surface area contributed by atoms with Crippen LogP contribution in [0.25, 0.3) is 6.08 Å². The number of piperidine rings is 1. The summed E-state index contributed by atoms with van der Waals surface area (Å²) in [6.45, 7) is 1.83. The molecule has 0 aromatic heterocycles. The third-order valence-corrected chi connectivity index (χ3v) is 8.96. The third-order valence-electron chi connectivity index (χ3n) is 8.96. The lowest BCUT2D eigenvalue weighted by molar-refractivity contribution is -0.179. The summed E-state index contributed by atoms with van der Waals surface area (Å²) in [6.07, 6.45) is 5.19. The molecule has 2 N–H and O–H groups in total. The second-order valence-corrected chi connectivity index (χ2v) is 10.7. The molecule has 2 aliphatic heterocycles. The van der Waals surface area contributed by atoms with Gasteiger partial charge in [-0.1, -0.05) is 18.2 Å². The van der Waals surface area contributed by atoms with Crippen LogP contribution in [0.2, 0.25) is 0 Å². The predicted molar refractivity (Wildman–Crippen MR) is 126 cm³/mol. The number of benzene rings is 2. The van der Waals surface area contributed by atoms with Gasteiger partial charge in [-0.3, -0.25) is 9.69 Å². The Morgan fingerprint density at radius 1 is 1.26 bits per heavy atom. The number of nitrogens with zero attached hydrogens (tertiary/aromatic N) is 1. The van der Waals surface area contributed by atoms with Crippen molar-refractivity contribution in [3.05, 3.63) is 58.7 Å². The monoisotopic (exact) mass is 459 g/mol. The summed E-state index contributed by atoms with van der Waals surface area (Å²) >= 11 is 0. The van der Waals surface area contributed by atoms with E-state index in [0.717, 1.165) is 35.5 Å². The minimum atomic E-state index is -1.14. The molecule has 1 saturated heterocycles. The van der Waals surface area contributed by atoms with E-state index in [0.29, 0.717) is 30.1 Å². The standard InChI is InChI=1S/C28H29NO5/c1-33-20-4-2-3-17(12-20)11-19-14-28(32)22-13-18-7-8-21(30)25-23(18)27(28,26(34-25)24(19)31)9-10-29(22)15-16-5-6-16/h2-4,7-8,11-12,16,22,26,30,32H,5-6,9-10,13-15H2,1H3/b19-11+/t22-,26+,27+,28-/m1/s1. The molecule has 7 rings (SSSR count). The van der Waals surface area contributed by atoms with Crippen molar-refractivity contribution >= 4 is 11.9 Å². The molecule has 2 aromatic rings. The number of Topliss-reactive ketones (excluding diaryl/α,β-unsaturated/α-hetero) is 1. The Morgan fingerprint density at radius 2 is 2.12 bits per heavy atom. The van der Waals surface area contributed by atoms with Crippen molar-refractivity contribution in [2.75, 3.05) is 20.2 Å². The van der Waals surface area contributed by atoms with Gasteiger partial charge in [-0.2, -0.15) is 0 Å². The fourth-order valence-corrected chi connectivity index (χ4v) is 7.24. The van der Waals surface area contributed by atoms with E-state index in [1.807, 2.05) is 36.4 Å². The van der Waals surface area contributed by atoms with E-state index in [-0.39, 0.29) is 24.0 Å². The maximum atomic E-state index is 13.9. The molecular weight excluding hydrogens is 430 g/mol. The number of rotatable bonds is 4. The molecule has 0 unspecified atom stereocenters. The van der Waals surface area contributed by atoms with Crippen LogP contribution >= 0.6 is 0 Å². The molecule has 3 fully saturated rings. The van der Waals surface area contributed by atoms with Gasteiger partial charge in [-0.15, -0.1) is 0 Å². The molecule has 6 heteroatoms. The molecule has 2 heterocycles. The van der Waals surface area contributed by atoms with Gasteiger partial charge < -0.3 is 19.7 Å². The van der Waals surface area contributed by atoms with Crippen LogP contribution in [-0.4, -0.2) is 58.8 Å². The zero-order chi connectivity index (χ0) is 23.2. The minimum absolute atomic E-state index is 0.0508. The zero-order valence-electron chi connectivity index (χ0n) is 19.3. The third kappa shape index (κ3) is 2.56. The van der Waals surface area contributed by atoms with Gasteiger partial charge in [-0.05, 0) is 73.5 Å². The summed E-state index contributed by atoms with van der Waals surface area (Å²) in [7, 11) is 1.62. The van der Waals surface area contributed by atoms with Crippen LogP contribution in [0.1, 0.15) is 42.4 Å². The molecule has 34 heavy (non-hydrogen) atoms.